The van der Waals surface area contributed by atoms with Crippen LogP contribution in [-0.2, 0) is 0 Å². The highest BCUT2D eigenvalue weighted by molar-refractivity contribution is 4.86. The Kier molecular flexibility index (Phi) is 1.66. The maximum Gasteiger partial charge on any atom is 0.0447 e. The van der Waals surface area contributed by atoms with E-state index >= 15 is 0 Å². The highest BCUT2D eigenvalue weighted by Crippen LogP contribution is 2.29. The van der Waals surface area contributed by atoms with Gasteiger partial charge in [0.1, 0.15) is 0 Å². The average molecular weight is 143 g/mol. The Bertz CT molecular complexity index is 132. The van der Waals surface area contributed by atoms with E-state index in [1.165, 1.54) is 0 Å². The Labute approximate surface area is 64.8 Å². The zero-order valence-electron chi connectivity index (χ0n) is 8.23. The molecule has 1 fully saturated rings. The summed E-state index contributed by atoms with van der Waals surface area (Å²) in [6.45, 7) is 8.52. The van der Waals surface area contributed by atoms with Crippen LogP contribution in [0.1, 0.15) is 29.1 Å². The molecule has 2 heteroatoms. The van der Waals surface area contributed by atoms with Crippen molar-refractivity contribution in [1.29, 1.82) is 0 Å². The number of nitrogens with one attached hydrogen (secondary N) is 2. The summed E-state index contributed by atoms with van der Waals surface area (Å²) < 4.78 is 7.70. The van der Waals surface area contributed by atoms with E-state index in [9.17, 15) is 0 Å². The van der Waals surface area contributed by atoms with Crippen molar-refractivity contribution >= 4 is 0 Å². The highest BCUT2D eigenvalue weighted by atomic mass is 15.4. The van der Waals surface area contributed by atoms with Crippen molar-refractivity contribution in [2.75, 3.05) is 6.52 Å². The zero-order chi connectivity index (χ0) is 8.65. The summed E-state index contributed by atoms with van der Waals surface area (Å²) >= 11 is 0. The van der Waals surface area contributed by atoms with Crippen LogP contribution in [0.25, 0.3) is 0 Å². The highest BCUT2D eigenvalue weighted by Gasteiger charge is 2.32. The predicted molar refractivity (Wildman–Crippen MR) is 43.5 cm³/mol. The molecule has 0 saturated carbocycles. The molecule has 1 aliphatic heterocycles. The van der Waals surface area contributed by atoms with Gasteiger partial charge in [0.2, 0.25) is 0 Å². The monoisotopic (exact) mass is 143 g/mol. The van der Waals surface area contributed by atoms with Gasteiger partial charge in [-0.2, -0.15) is 0 Å². The summed E-state index contributed by atoms with van der Waals surface area (Å²) in [4.78, 5) is 0. The molecule has 0 spiro atoms. The third kappa shape index (κ3) is 1.50. The van der Waals surface area contributed by atoms with Gasteiger partial charge in [0.05, 0.1) is 0 Å². The minimum atomic E-state index is -0.162. The average Bonchev–Trinajstić information content (AvgIpc) is 2.08. The van der Waals surface area contributed by atoms with Crippen LogP contribution < -0.4 is 10.9 Å². The first-order chi connectivity index (χ1) is 4.93. The lowest BCUT2D eigenvalue weighted by atomic mass is 9.78. The molecule has 0 bridgehead atoms. The molecule has 1 aliphatic rings. The summed E-state index contributed by atoms with van der Waals surface area (Å²) in [6, 6.07) is 0.400. The zero-order valence-corrected chi connectivity index (χ0v) is 7.23. The van der Waals surface area contributed by atoms with Crippen molar-refractivity contribution in [3.63, 3.8) is 0 Å². The van der Waals surface area contributed by atoms with Crippen molar-refractivity contribution in [2.45, 2.75) is 33.7 Å². The van der Waals surface area contributed by atoms with Crippen LogP contribution in [-0.4, -0.2) is 12.6 Å². The van der Waals surface area contributed by atoms with Crippen molar-refractivity contribution < 1.29 is 1.37 Å². The fourth-order valence-corrected chi connectivity index (χ4v) is 1.50. The van der Waals surface area contributed by atoms with E-state index in [0.717, 1.165) is 0 Å². The Morgan fingerprint density at radius 2 is 2.10 bits per heavy atom. The molecule has 0 radical (unpaired) electrons. The van der Waals surface area contributed by atoms with Crippen LogP contribution in [0.5, 0.6) is 0 Å². The Morgan fingerprint density at radius 1 is 1.50 bits per heavy atom. The fourth-order valence-electron chi connectivity index (χ4n) is 1.50. The van der Waals surface area contributed by atoms with Gasteiger partial charge in [-0.15, -0.1) is 0 Å². The number of rotatable bonds is 0. The molecule has 0 aromatic carbocycles. The van der Waals surface area contributed by atoms with Gasteiger partial charge in [-0.1, -0.05) is 20.8 Å². The molecule has 2 N–H and O–H groups in total. The van der Waals surface area contributed by atoms with Gasteiger partial charge in [-0.05, 0) is 18.3 Å². The van der Waals surface area contributed by atoms with Crippen LogP contribution in [0.3, 0.4) is 0 Å². The number of hydrogen-bond donors (Lipinski definition) is 2. The molecule has 0 aromatic rings. The smallest absolute Gasteiger partial charge is 0.0447 e. The summed E-state index contributed by atoms with van der Waals surface area (Å²) in [6.07, 6.45) is 0. The third-order valence-corrected chi connectivity index (χ3v) is 2.11. The minimum absolute atomic E-state index is 0.162. The van der Waals surface area contributed by atoms with E-state index in [4.69, 9.17) is 1.37 Å². The SMILES string of the molecule is [2H]C1NN[C@@H](C)[C@H]1C(C)(C)C. The van der Waals surface area contributed by atoms with Gasteiger partial charge >= 0.3 is 0 Å². The van der Waals surface area contributed by atoms with Gasteiger partial charge in [-0.25, -0.2) is 0 Å². The number of hydrogen-bond acceptors (Lipinski definition) is 2. The molecule has 10 heavy (non-hydrogen) atoms. The Morgan fingerprint density at radius 3 is 2.30 bits per heavy atom. The lowest BCUT2D eigenvalue weighted by Gasteiger charge is -2.28. The molecule has 1 unspecified atom stereocenters. The molecule has 3 atom stereocenters. The van der Waals surface area contributed by atoms with Crippen molar-refractivity contribution in [3.05, 3.63) is 0 Å². The molecule has 1 rings (SSSR count). The van der Waals surface area contributed by atoms with E-state index in [0.29, 0.717) is 12.0 Å². The molecule has 1 heterocycles. The first-order valence-electron chi connectivity index (χ1n) is 4.44. The molecule has 0 amide bonds. The van der Waals surface area contributed by atoms with Crippen molar-refractivity contribution in [1.82, 2.24) is 10.9 Å². The van der Waals surface area contributed by atoms with Gasteiger partial charge < -0.3 is 0 Å². The lowest BCUT2D eigenvalue weighted by molar-refractivity contribution is 0.238. The van der Waals surface area contributed by atoms with Crippen molar-refractivity contribution in [3.8, 4) is 0 Å². The number of hydrazine groups is 1. The summed E-state index contributed by atoms with van der Waals surface area (Å²) in [7, 11) is 0. The van der Waals surface area contributed by atoms with Crippen LogP contribution in [0, 0.1) is 11.3 Å². The van der Waals surface area contributed by atoms with Crippen LogP contribution >= 0.6 is 0 Å². The lowest BCUT2D eigenvalue weighted by Crippen LogP contribution is -2.33. The Balaban J connectivity index is 2.69. The third-order valence-electron chi connectivity index (χ3n) is 2.11. The molecule has 1 saturated heterocycles. The Hall–Kier alpha value is -0.0800. The molecule has 0 aromatic heterocycles. The van der Waals surface area contributed by atoms with Gasteiger partial charge in [0.25, 0.3) is 0 Å². The fraction of sp³-hybridized carbons (Fsp3) is 1.00. The first kappa shape index (κ1) is 6.62. The standard InChI is InChI=1S/C8H18N2/c1-6-7(5-9-10-6)8(2,3)4/h6-7,9-10H,5H2,1-4H3/t6-,7-/m0/s1/i5D/t5?,6-,7-. The molecule has 2 nitrogen and oxygen atoms in total. The minimum Gasteiger partial charge on any atom is -0.257 e. The summed E-state index contributed by atoms with van der Waals surface area (Å²) in [5.41, 5.74) is 6.24. The second-order valence-electron chi connectivity index (χ2n) is 4.14. The second kappa shape index (κ2) is 2.51. The molecular formula is C8H18N2. The molecule has 0 aliphatic carbocycles. The van der Waals surface area contributed by atoms with Crippen LogP contribution in [0.2, 0.25) is 0 Å². The van der Waals surface area contributed by atoms with Gasteiger partial charge in [0, 0.05) is 13.9 Å². The van der Waals surface area contributed by atoms with E-state index in [-0.39, 0.29) is 11.9 Å². The van der Waals surface area contributed by atoms with Crippen molar-refractivity contribution in [2.24, 2.45) is 11.3 Å². The van der Waals surface area contributed by atoms with Gasteiger partial charge in [0.15, 0.2) is 0 Å². The maximum absolute atomic E-state index is 7.70. The predicted octanol–water partition coefficient (Wildman–Crippen LogP) is 1.14. The molecular weight excluding hydrogens is 124 g/mol. The van der Waals surface area contributed by atoms with E-state index < -0.39 is 0 Å². The van der Waals surface area contributed by atoms with Crippen LogP contribution in [0.15, 0.2) is 0 Å². The van der Waals surface area contributed by atoms with E-state index in [2.05, 4.69) is 38.5 Å². The van der Waals surface area contributed by atoms with Gasteiger partial charge in [-0.3, -0.25) is 10.9 Å². The normalized spacial score (nSPS) is 43.6. The maximum atomic E-state index is 7.70. The quantitative estimate of drug-likeness (QED) is 0.531. The second-order valence-corrected chi connectivity index (χ2v) is 4.14. The molecule has 60 valence electrons. The summed E-state index contributed by atoms with van der Waals surface area (Å²) in [5.74, 6) is 0.391. The van der Waals surface area contributed by atoms with Crippen LogP contribution in [0.4, 0.5) is 0 Å². The summed E-state index contributed by atoms with van der Waals surface area (Å²) in [5, 5.41) is 0. The topological polar surface area (TPSA) is 24.1 Å². The first-order valence-corrected chi connectivity index (χ1v) is 3.86. The largest absolute Gasteiger partial charge is 0.257 e. The van der Waals surface area contributed by atoms with E-state index in [1.807, 2.05) is 0 Å². The van der Waals surface area contributed by atoms with E-state index in [1.54, 1.807) is 0 Å².